The van der Waals surface area contributed by atoms with Gasteiger partial charge in [-0.2, -0.15) is 0 Å². The van der Waals surface area contributed by atoms with Gasteiger partial charge in [-0.25, -0.2) is 9.37 Å². The molecule has 0 fully saturated rings. The van der Waals surface area contributed by atoms with E-state index >= 15 is 0 Å². The summed E-state index contributed by atoms with van der Waals surface area (Å²) in [6.45, 7) is 5.89. The average Bonchev–Trinajstić information content (AvgIpc) is 3.12. The molecule has 0 bridgehead atoms. The zero-order valence-electron chi connectivity index (χ0n) is 18.5. The highest BCUT2D eigenvalue weighted by atomic mass is 32.1. The maximum atomic E-state index is 13.4. The molecule has 0 radical (unpaired) electrons. The Morgan fingerprint density at radius 1 is 1.16 bits per heavy atom. The van der Waals surface area contributed by atoms with Crippen LogP contribution in [-0.2, 0) is 17.7 Å². The molecule has 0 N–H and O–H groups in total. The summed E-state index contributed by atoms with van der Waals surface area (Å²) in [6.07, 6.45) is 0.676. The summed E-state index contributed by atoms with van der Waals surface area (Å²) in [4.78, 5) is 21.7. The van der Waals surface area contributed by atoms with Gasteiger partial charge in [-0.1, -0.05) is 30.3 Å². The molecule has 0 aliphatic rings. The number of ether oxygens (including phenoxy) is 1. The SMILES string of the molecule is CCN(Cc1cc(=O)n2c(CCOC)c(C)sc2n1)c1ccccc1-c1ccc(F)cc1. The van der Waals surface area contributed by atoms with Crippen LogP contribution in [0.15, 0.2) is 59.4 Å². The van der Waals surface area contributed by atoms with Gasteiger partial charge in [-0.15, -0.1) is 11.3 Å². The second-order valence-electron chi connectivity index (χ2n) is 7.59. The van der Waals surface area contributed by atoms with Gasteiger partial charge in [0.2, 0.25) is 0 Å². The molecular formula is C25H26FN3O2S. The number of aryl methyl sites for hydroxylation is 1. The van der Waals surface area contributed by atoms with E-state index in [-0.39, 0.29) is 11.4 Å². The second kappa shape index (κ2) is 9.63. The minimum atomic E-state index is -0.257. The van der Waals surface area contributed by atoms with Crippen molar-refractivity contribution in [2.45, 2.75) is 26.8 Å². The first-order chi connectivity index (χ1) is 15.5. The number of nitrogens with zero attached hydrogens (tertiary/aromatic N) is 3. The third-order valence-electron chi connectivity index (χ3n) is 5.54. The number of para-hydroxylation sites is 1. The van der Waals surface area contributed by atoms with Gasteiger partial charge < -0.3 is 9.64 Å². The van der Waals surface area contributed by atoms with Gasteiger partial charge in [0.15, 0.2) is 4.96 Å². The van der Waals surface area contributed by atoms with Crippen molar-refractivity contribution in [2.75, 3.05) is 25.2 Å². The van der Waals surface area contributed by atoms with Crippen LogP contribution in [0.3, 0.4) is 0 Å². The molecule has 2 heterocycles. The van der Waals surface area contributed by atoms with E-state index in [9.17, 15) is 9.18 Å². The number of thiazole rings is 1. The molecule has 0 aliphatic heterocycles. The molecule has 0 spiro atoms. The third-order valence-corrected chi connectivity index (χ3v) is 6.54. The zero-order valence-corrected chi connectivity index (χ0v) is 19.3. The van der Waals surface area contributed by atoms with E-state index in [1.54, 1.807) is 29.7 Å². The molecule has 0 unspecified atom stereocenters. The zero-order chi connectivity index (χ0) is 22.7. The number of halogens is 1. The molecule has 2 aromatic carbocycles. The lowest BCUT2D eigenvalue weighted by Crippen LogP contribution is -2.25. The van der Waals surface area contributed by atoms with E-state index in [1.165, 1.54) is 23.5 Å². The van der Waals surface area contributed by atoms with Crippen molar-refractivity contribution in [1.82, 2.24) is 9.38 Å². The van der Waals surface area contributed by atoms with E-state index in [0.717, 1.165) is 39.6 Å². The van der Waals surface area contributed by atoms with Gasteiger partial charge in [0.05, 0.1) is 18.8 Å². The molecule has 0 amide bonds. The van der Waals surface area contributed by atoms with Gasteiger partial charge in [-0.05, 0) is 37.6 Å². The number of methoxy groups -OCH3 is 1. The van der Waals surface area contributed by atoms with Crippen LogP contribution in [0.25, 0.3) is 16.1 Å². The lowest BCUT2D eigenvalue weighted by Gasteiger charge is -2.25. The second-order valence-corrected chi connectivity index (χ2v) is 8.77. The minimum Gasteiger partial charge on any atom is -0.384 e. The number of benzene rings is 2. The molecule has 0 saturated heterocycles. The summed E-state index contributed by atoms with van der Waals surface area (Å²) in [5, 5.41) is 0. The summed E-state index contributed by atoms with van der Waals surface area (Å²) in [5.74, 6) is -0.257. The van der Waals surface area contributed by atoms with Crippen LogP contribution in [0.5, 0.6) is 0 Å². The van der Waals surface area contributed by atoms with E-state index in [1.807, 2.05) is 31.2 Å². The summed E-state index contributed by atoms with van der Waals surface area (Å²) in [6, 6.07) is 16.2. The highest BCUT2D eigenvalue weighted by Gasteiger charge is 2.16. The van der Waals surface area contributed by atoms with Crippen LogP contribution in [0.4, 0.5) is 10.1 Å². The maximum Gasteiger partial charge on any atom is 0.259 e. The lowest BCUT2D eigenvalue weighted by atomic mass is 10.0. The minimum absolute atomic E-state index is 0.0664. The first-order valence-corrected chi connectivity index (χ1v) is 11.4. The molecule has 7 heteroatoms. The molecule has 0 saturated carbocycles. The van der Waals surface area contributed by atoms with Crippen LogP contribution >= 0.6 is 11.3 Å². The molecule has 0 aliphatic carbocycles. The average molecular weight is 452 g/mol. The molecule has 2 aromatic heterocycles. The Bertz CT molecular complexity index is 1280. The largest absolute Gasteiger partial charge is 0.384 e. The summed E-state index contributed by atoms with van der Waals surface area (Å²) in [5.41, 5.74) is 4.60. The number of fused-ring (bicyclic) bond motifs is 1. The molecule has 0 atom stereocenters. The Balaban J connectivity index is 1.69. The van der Waals surface area contributed by atoms with E-state index in [0.29, 0.717) is 24.5 Å². The smallest absolute Gasteiger partial charge is 0.259 e. The van der Waals surface area contributed by atoms with Crippen LogP contribution in [-0.4, -0.2) is 29.6 Å². The van der Waals surface area contributed by atoms with Gasteiger partial charge in [0.25, 0.3) is 5.56 Å². The predicted octanol–water partition coefficient (Wildman–Crippen LogP) is 5.09. The number of rotatable bonds is 8. The van der Waals surface area contributed by atoms with Crippen molar-refractivity contribution >= 4 is 22.0 Å². The number of anilines is 1. The normalized spacial score (nSPS) is 11.2. The van der Waals surface area contributed by atoms with Crippen LogP contribution < -0.4 is 10.5 Å². The number of aromatic nitrogens is 2. The van der Waals surface area contributed by atoms with Gasteiger partial charge >= 0.3 is 0 Å². The van der Waals surface area contributed by atoms with Crippen molar-refractivity contribution in [3.63, 3.8) is 0 Å². The van der Waals surface area contributed by atoms with Crippen molar-refractivity contribution in [3.8, 4) is 11.1 Å². The highest BCUT2D eigenvalue weighted by Crippen LogP contribution is 2.31. The van der Waals surface area contributed by atoms with Gasteiger partial charge in [0.1, 0.15) is 5.82 Å². The standard InChI is InChI=1S/C25H26FN3O2S/c1-4-28(23-8-6-5-7-21(23)18-9-11-19(26)12-10-18)16-20-15-24(30)29-22(13-14-31-3)17(2)32-25(29)27-20/h5-12,15H,4,13-14,16H2,1-3H3. The quantitative estimate of drug-likeness (QED) is 0.375. The maximum absolute atomic E-state index is 13.4. The molecule has 32 heavy (non-hydrogen) atoms. The summed E-state index contributed by atoms with van der Waals surface area (Å²) >= 11 is 1.53. The van der Waals surface area contributed by atoms with E-state index in [2.05, 4.69) is 11.8 Å². The fourth-order valence-corrected chi connectivity index (χ4v) is 4.97. The number of hydrogen-bond donors (Lipinski definition) is 0. The Kier molecular flexibility index (Phi) is 6.67. The van der Waals surface area contributed by atoms with Crippen molar-refractivity contribution < 1.29 is 9.13 Å². The highest BCUT2D eigenvalue weighted by molar-refractivity contribution is 7.17. The van der Waals surface area contributed by atoms with Crippen molar-refractivity contribution in [2.24, 2.45) is 0 Å². The monoisotopic (exact) mass is 451 g/mol. The molecular weight excluding hydrogens is 425 g/mol. The third kappa shape index (κ3) is 4.45. The van der Waals surface area contributed by atoms with Crippen molar-refractivity contribution in [1.29, 1.82) is 0 Å². The van der Waals surface area contributed by atoms with E-state index in [4.69, 9.17) is 9.72 Å². The Morgan fingerprint density at radius 3 is 2.62 bits per heavy atom. The fraction of sp³-hybridized carbons (Fsp3) is 0.280. The molecule has 5 nitrogen and oxygen atoms in total. The Hall–Kier alpha value is -3.03. The Labute approximate surface area is 190 Å². The van der Waals surface area contributed by atoms with Crippen molar-refractivity contribution in [3.05, 3.63) is 87.0 Å². The topological polar surface area (TPSA) is 46.8 Å². The first kappa shape index (κ1) is 22.2. The molecule has 4 aromatic rings. The van der Waals surface area contributed by atoms with Gasteiger partial charge in [-0.3, -0.25) is 9.20 Å². The fourth-order valence-electron chi connectivity index (χ4n) is 3.93. The predicted molar refractivity (Wildman–Crippen MR) is 128 cm³/mol. The summed E-state index contributed by atoms with van der Waals surface area (Å²) in [7, 11) is 1.66. The number of hydrogen-bond acceptors (Lipinski definition) is 5. The first-order valence-electron chi connectivity index (χ1n) is 10.6. The summed E-state index contributed by atoms with van der Waals surface area (Å²) < 4.78 is 20.3. The van der Waals surface area contributed by atoms with Crippen LogP contribution in [0, 0.1) is 12.7 Å². The van der Waals surface area contributed by atoms with Gasteiger partial charge in [0, 0.05) is 48.0 Å². The lowest BCUT2D eigenvalue weighted by molar-refractivity contribution is 0.201. The molecule has 4 rings (SSSR count). The van der Waals surface area contributed by atoms with E-state index < -0.39 is 0 Å². The Morgan fingerprint density at radius 2 is 1.91 bits per heavy atom. The van der Waals surface area contributed by atoms with Crippen LogP contribution in [0.2, 0.25) is 0 Å². The van der Waals surface area contributed by atoms with Crippen LogP contribution in [0.1, 0.15) is 23.2 Å². The molecule has 166 valence electrons.